The monoisotopic (exact) mass is 237 g/mol. The van der Waals surface area contributed by atoms with Gasteiger partial charge in [0.25, 0.3) is 0 Å². The van der Waals surface area contributed by atoms with Crippen molar-refractivity contribution in [3.8, 4) is 0 Å². The second kappa shape index (κ2) is 3.62. The zero-order chi connectivity index (χ0) is 9.26. The molecule has 1 heterocycles. The third-order valence-corrected chi connectivity index (χ3v) is 2.80. The van der Waals surface area contributed by atoms with E-state index in [0.717, 1.165) is 13.0 Å². The van der Waals surface area contributed by atoms with Crippen molar-refractivity contribution in [2.45, 2.75) is 26.3 Å². The third kappa shape index (κ3) is 1.68. The van der Waals surface area contributed by atoms with Gasteiger partial charge in [0, 0.05) is 10.7 Å². The first-order valence-corrected chi connectivity index (χ1v) is 5.41. The molecule has 13 heavy (non-hydrogen) atoms. The van der Waals surface area contributed by atoms with Gasteiger partial charge in [-0.3, -0.25) is 4.99 Å². The third-order valence-electron chi connectivity index (χ3n) is 2.34. The summed E-state index contributed by atoms with van der Waals surface area (Å²) in [5.41, 5.74) is 4.16. The number of hydrogen-bond acceptors (Lipinski definition) is 1. The summed E-state index contributed by atoms with van der Waals surface area (Å²) in [6.07, 6.45) is 4.33. The van der Waals surface area contributed by atoms with Crippen LogP contribution in [0.2, 0.25) is 0 Å². The molecule has 2 rings (SSSR count). The van der Waals surface area contributed by atoms with Crippen LogP contribution in [-0.2, 0) is 13.0 Å². The number of aryl methyl sites for hydroxylation is 1. The van der Waals surface area contributed by atoms with Crippen LogP contribution in [0.5, 0.6) is 0 Å². The molecule has 0 amide bonds. The smallest absolute Gasteiger partial charge is 0.0649 e. The zero-order valence-corrected chi connectivity index (χ0v) is 9.26. The molecule has 0 spiro atoms. The molecule has 0 N–H and O–H groups in total. The minimum absolute atomic E-state index is 0.873. The molecular weight excluding hydrogens is 226 g/mol. The van der Waals surface area contributed by atoms with E-state index in [4.69, 9.17) is 0 Å². The molecule has 2 heteroatoms. The fourth-order valence-corrected chi connectivity index (χ4v) is 2.27. The number of hydrogen-bond donors (Lipinski definition) is 0. The normalized spacial score (nSPS) is 13.4. The van der Waals surface area contributed by atoms with Crippen LogP contribution >= 0.6 is 15.9 Å². The Labute approximate surface area is 87.0 Å². The molecule has 0 atom stereocenters. The molecule has 1 nitrogen and oxygen atoms in total. The molecular formula is C11H12BrN. The Bertz CT molecular complexity index is 355. The molecule has 0 unspecified atom stereocenters. The van der Waals surface area contributed by atoms with Crippen LogP contribution < -0.4 is 0 Å². The quantitative estimate of drug-likeness (QED) is 0.749. The van der Waals surface area contributed by atoms with Gasteiger partial charge in [-0.25, -0.2) is 0 Å². The van der Waals surface area contributed by atoms with E-state index in [-0.39, 0.29) is 0 Å². The number of nitrogens with zero attached hydrogens (tertiary/aromatic N) is 1. The van der Waals surface area contributed by atoms with Gasteiger partial charge in [-0.05, 0) is 35.2 Å². The lowest BCUT2D eigenvalue weighted by molar-refractivity contribution is 0.898. The Morgan fingerprint density at radius 2 is 2.31 bits per heavy atom. The van der Waals surface area contributed by atoms with Crippen LogP contribution in [0.25, 0.3) is 0 Å². The van der Waals surface area contributed by atoms with Crippen LogP contribution in [0.1, 0.15) is 30.0 Å². The fraction of sp³-hybridized carbons (Fsp3) is 0.364. The summed E-state index contributed by atoms with van der Waals surface area (Å²) in [6, 6.07) is 4.36. The Balaban J connectivity index is 2.46. The van der Waals surface area contributed by atoms with Crippen molar-refractivity contribution < 1.29 is 0 Å². The van der Waals surface area contributed by atoms with Gasteiger partial charge >= 0.3 is 0 Å². The molecule has 1 aromatic rings. The van der Waals surface area contributed by atoms with Crippen molar-refractivity contribution >= 4 is 22.1 Å². The topological polar surface area (TPSA) is 12.4 Å². The molecule has 0 fully saturated rings. The highest BCUT2D eigenvalue weighted by Crippen LogP contribution is 2.25. The van der Waals surface area contributed by atoms with Gasteiger partial charge in [-0.2, -0.15) is 0 Å². The molecule has 1 aliphatic rings. The van der Waals surface area contributed by atoms with Gasteiger partial charge in [0.1, 0.15) is 0 Å². The van der Waals surface area contributed by atoms with Crippen molar-refractivity contribution in [1.82, 2.24) is 0 Å². The van der Waals surface area contributed by atoms with Crippen molar-refractivity contribution in [3.63, 3.8) is 0 Å². The summed E-state index contributed by atoms with van der Waals surface area (Å²) in [6.45, 7) is 3.08. The lowest BCUT2D eigenvalue weighted by Gasteiger charge is -2.07. The van der Waals surface area contributed by atoms with E-state index in [1.165, 1.54) is 27.6 Å². The highest BCUT2D eigenvalue weighted by molar-refractivity contribution is 9.10. The molecule has 0 radical (unpaired) electrons. The molecule has 0 bridgehead atoms. The minimum atomic E-state index is 0.873. The van der Waals surface area contributed by atoms with Gasteiger partial charge < -0.3 is 0 Å². The Morgan fingerprint density at radius 1 is 1.46 bits per heavy atom. The summed E-state index contributed by atoms with van der Waals surface area (Å²) in [7, 11) is 0. The minimum Gasteiger partial charge on any atom is -0.288 e. The second-order valence-corrected chi connectivity index (χ2v) is 4.27. The molecule has 0 saturated carbocycles. The van der Waals surface area contributed by atoms with E-state index in [1.54, 1.807) is 0 Å². The van der Waals surface area contributed by atoms with E-state index in [1.807, 2.05) is 6.21 Å². The van der Waals surface area contributed by atoms with E-state index in [0.29, 0.717) is 0 Å². The molecule has 1 aromatic carbocycles. The summed E-state index contributed by atoms with van der Waals surface area (Å²) >= 11 is 3.52. The Morgan fingerprint density at radius 3 is 3.08 bits per heavy atom. The lowest BCUT2D eigenvalue weighted by Crippen LogP contribution is -1.94. The van der Waals surface area contributed by atoms with E-state index in [9.17, 15) is 0 Å². The van der Waals surface area contributed by atoms with Gasteiger partial charge in [0.15, 0.2) is 0 Å². The van der Waals surface area contributed by atoms with E-state index >= 15 is 0 Å². The average Bonchev–Trinajstić information content (AvgIpc) is 2.52. The number of rotatable bonds is 2. The lowest BCUT2D eigenvalue weighted by atomic mass is 10.00. The van der Waals surface area contributed by atoms with E-state index < -0.39 is 0 Å². The first kappa shape index (κ1) is 8.95. The van der Waals surface area contributed by atoms with Crippen molar-refractivity contribution in [2.75, 3.05) is 0 Å². The van der Waals surface area contributed by atoms with Crippen LogP contribution in [0.3, 0.4) is 0 Å². The van der Waals surface area contributed by atoms with Crippen LogP contribution in [0.15, 0.2) is 21.6 Å². The van der Waals surface area contributed by atoms with Crippen molar-refractivity contribution in [3.05, 3.63) is 33.3 Å². The first-order valence-electron chi connectivity index (χ1n) is 4.62. The summed E-state index contributed by atoms with van der Waals surface area (Å²) in [5.74, 6) is 0. The molecule has 68 valence electrons. The Kier molecular flexibility index (Phi) is 2.49. The van der Waals surface area contributed by atoms with Crippen LogP contribution in [0.4, 0.5) is 0 Å². The largest absolute Gasteiger partial charge is 0.288 e. The fourth-order valence-electron chi connectivity index (χ4n) is 1.75. The van der Waals surface area contributed by atoms with Crippen LogP contribution in [0, 0.1) is 0 Å². The number of fused-ring (bicyclic) bond motifs is 1. The maximum absolute atomic E-state index is 4.29. The zero-order valence-electron chi connectivity index (χ0n) is 7.68. The summed E-state index contributed by atoms with van der Waals surface area (Å²) in [4.78, 5) is 4.29. The first-order chi connectivity index (χ1) is 6.31. The van der Waals surface area contributed by atoms with E-state index in [2.05, 4.69) is 40.0 Å². The number of halogens is 1. The Hall–Kier alpha value is -0.630. The number of benzene rings is 1. The standard InChI is InChI=1S/C11H12BrN/c1-2-3-8-4-10(12)5-9-6-13-7-11(8)9/h4-6H,2-3,7H2,1H3. The second-order valence-electron chi connectivity index (χ2n) is 3.35. The number of aliphatic imine (C=N–C) groups is 1. The molecule has 0 aromatic heterocycles. The van der Waals surface area contributed by atoms with Gasteiger partial charge in [-0.15, -0.1) is 0 Å². The maximum Gasteiger partial charge on any atom is 0.0649 e. The van der Waals surface area contributed by atoms with Crippen LogP contribution in [-0.4, -0.2) is 6.21 Å². The predicted molar refractivity (Wildman–Crippen MR) is 59.4 cm³/mol. The molecule has 1 aliphatic heterocycles. The van der Waals surface area contributed by atoms with Gasteiger partial charge in [0.2, 0.25) is 0 Å². The highest BCUT2D eigenvalue weighted by atomic mass is 79.9. The van der Waals surface area contributed by atoms with Gasteiger partial charge in [-0.1, -0.05) is 29.3 Å². The average molecular weight is 238 g/mol. The highest BCUT2D eigenvalue weighted by Gasteiger charge is 2.11. The summed E-state index contributed by atoms with van der Waals surface area (Å²) < 4.78 is 1.17. The summed E-state index contributed by atoms with van der Waals surface area (Å²) in [5, 5.41) is 0. The van der Waals surface area contributed by atoms with Crippen molar-refractivity contribution in [1.29, 1.82) is 0 Å². The molecule has 0 aliphatic carbocycles. The predicted octanol–water partition coefficient (Wildman–Crippen LogP) is 3.33. The SMILES string of the molecule is CCCc1cc(Br)cc2c1CN=C2. The molecule has 0 saturated heterocycles. The van der Waals surface area contributed by atoms with Crippen molar-refractivity contribution in [2.24, 2.45) is 4.99 Å². The maximum atomic E-state index is 4.29. The van der Waals surface area contributed by atoms with Gasteiger partial charge in [0.05, 0.1) is 6.54 Å².